The summed E-state index contributed by atoms with van der Waals surface area (Å²) in [6.07, 6.45) is 0.715. The number of fused-ring (bicyclic) bond motifs is 3. The second-order valence-corrected chi connectivity index (χ2v) is 7.34. The number of carbonyl (C=O) groups excluding carboxylic acids is 3. The Kier molecular flexibility index (Phi) is 6.93. The van der Waals surface area contributed by atoms with E-state index in [1.54, 1.807) is 12.1 Å². The summed E-state index contributed by atoms with van der Waals surface area (Å²) >= 11 is 0. The monoisotopic (exact) mass is 444 g/mol. The molecule has 0 spiro atoms. The highest BCUT2D eigenvalue weighted by molar-refractivity contribution is 6.31. The number of ether oxygens (including phenoxy) is 1. The minimum Gasteiger partial charge on any atom is -0.507 e. The van der Waals surface area contributed by atoms with Crippen LogP contribution in [0.4, 0.5) is 0 Å². The van der Waals surface area contributed by atoms with Gasteiger partial charge in [0.05, 0.1) is 38.0 Å². The van der Waals surface area contributed by atoms with Crippen LogP contribution in [-0.4, -0.2) is 60.6 Å². The predicted octanol–water partition coefficient (Wildman–Crippen LogP) is 1.74. The molecule has 2 aromatic rings. The van der Waals surface area contributed by atoms with Gasteiger partial charge >= 0.3 is 0 Å². The molecule has 4 rings (SSSR count). The fraction of sp³-hybridized carbons (Fsp3) is 0.348. The smallest absolute Gasteiger partial charge is 0.202 e. The van der Waals surface area contributed by atoms with E-state index in [1.807, 2.05) is 0 Å². The van der Waals surface area contributed by atoms with Gasteiger partial charge in [-0.25, -0.2) is 9.78 Å². The number of benzene rings is 2. The molecule has 32 heavy (non-hydrogen) atoms. The first-order chi connectivity index (χ1) is 15.3. The first kappa shape index (κ1) is 23.4. The summed E-state index contributed by atoms with van der Waals surface area (Å²) in [7, 11) is 4.30. The van der Waals surface area contributed by atoms with E-state index < -0.39 is 24.1 Å². The van der Waals surface area contributed by atoms with Gasteiger partial charge < -0.3 is 20.1 Å². The summed E-state index contributed by atoms with van der Waals surface area (Å²) in [5, 5.41) is 30.7. The molecule has 0 bridgehead atoms. The van der Waals surface area contributed by atoms with Gasteiger partial charge in [-0.1, -0.05) is 12.1 Å². The van der Waals surface area contributed by atoms with Crippen LogP contribution in [0.5, 0.6) is 17.2 Å². The lowest BCUT2D eigenvalue weighted by Gasteiger charge is -2.29. The molecular formula is C23H24O9. The summed E-state index contributed by atoms with van der Waals surface area (Å²) in [6.45, 7) is -0.609. The number of hydrogen-bond acceptors (Lipinski definition) is 9. The van der Waals surface area contributed by atoms with Crippen LogP contribution in [0.25, 0.3) is 0 Å². The molecule has 0 aliphatic heterocycles. The largest absolute Gasteiger partial charge is 0.507 e. The molecule has 0 fully saturated rings. The van der Waals surface area contributed by atoms with Gasteiger partial charge in [-0.15, -0.1) is 0 Å². The van der Waals surface area contributed by atoms with Gasteiger partial charge in [0.25, 0.3) is 0 Å². The van der Waals surface area contributed by atoms with Crippen LogP contribution in [0.2, 0.25) is 0 Å². The number of aromatic hydroxyl groups is 2. The Morgan fingerprint density at radius 1 is 0.969 bits per heavy atom. The molecule has 2 aliphatic carbocycles. The van der Waals surface area contributed by atoms with Crippen molar-refractivity contribution in [3.63, 3.8) is 0 Å². The van der Waals surface area contributed by atoms with Gasteiger partial charge in [-0.05, 0) is 25.3 Å². The zero-order valence-electron chi connectivity index (χ0n) is 17.9. The molecule has 0 saturated carbocycles. The van der Waals surface area contributed by atoms with E-state index >= 15 is 0 Å². The first-order valence-electron chi connectivity index (χ1n) is 9.88. The molecule has 170 valence electrons. The number of phenolic OH excluding ortho intramolecular Hbond substituents is 2. The molecule has 9 nitrogen and oxygen atoms in total. The average Bonchev–Trinajstić information content (AvgIpc) is 2.83. The molecule has 9 heteroatoms. The Bertz CT molecular complexity index is 1090. The summed E-state index contributed by atoms with van der Waals surface area (Å²) < 4.78 is 5.20. The van der Waals surface area contributed by atoms with E-state index in [0.29, 0.717) is 12.0 Å². The van der Waals surface area contributed by atoms with Crippen molar-refractivity contribution >= 4 is 17.3 Å². The SMILES string of the molecule is COOC.COc1cccc2c1C(=O)c1c(O)c3c(c(O)c1C2=O)CC(C(=O)CO)CC3. The molecule has 3 N–H and O–H groups in total. The third kappa shape index (κ3) is 3.75. The molecule has 0 heterocycles. The van der Waals surface area contributed by atoms with Crippen LogP contribution in [0.3, 0.4) is 0 Å². The first-order valence-corrected chi connectivity index (χ1v) is 9.88. The quantitative estimate of drug-likeness (QED) is 0.312. The van der Waals surface area contributed by atoms with Crippen molar-refractivity contribution < 1.29 is 44.2 Å². The number of aliphatic hydroxyl groups is 1. The van der Waals surface area contributed by atoms with Gasteiger partial charge in [0.1, 0.15) is 23.9 Å². The third-order valence-electron chi connectivity index (χ3n) is 5.80. The highest BCUT2D eigenvalue weighted by atomic mass is 17.2. The highest BCUT2D eigenvalue weighted by Crippen LogP contribution is 2.47. The second-order valence-electron chi connectivity index (χ2n) is 7.34. The number of ketones is 3. The lowest BCUT2D eigenvalue weighted by molar-refractivity contribution is -0.248. The zero-order valence-corrected chi connectivity index (χ0v) is 17.9. The average molecular weight is 444 g/mol. The number of hydrogen-bond donors (Lipinski definition) is 3. The van der Waals surface area contributed by atoms with Gasteiger partial charge in [-0.2, -0.15) is 0 Å². The Morgan fingerprint density at radius 2 is 1.59 bits per heavy atom. The summed E-state index contributed by atoms with van der Waals surface area (Å²) in [5.41, 5.74) is 0.301. The van der Waals surface area contributed by atoms with Crippen molar-refractivity contribution in [3.8, 4) is 17.2 Å². The molecule has 0 amide bonds. The lowest BCUT2D eigenvalue weighted by Crippen LogP contribution is -2.28. The van der Waals surface area contributed by atoms with Crippen LogP contribution in [0, 0.1) is 5.92 Å². The molecule has 2 aromatic carbocycles. The number of Topliss-reactive ketones (excluding diaryl/α,β-unsaturated/α-hetero) is 1. The molecule has 0 saturated heterocycles. The Hall–Kier alpha value is -3.27. The minimum atomic E-state index is -0.609. The highest BCUT2D eigenvalue weighted by Gasteiger charge is 2.40. The van der Waals surface area contributed by atoms with Crippen molar-refractivity contribution in [2.24, 2.45) is 5.92 Å². The van der Waals surface area contributed by atoms with E-state index in [-0.39, 0.29) is 63.7 Å². The van der Waals surface area contributed by atoms with E-state index in [4.69, 9.17) is 9.84 Å². The lowest BCUT2D eigenvalue weighted by atomic mass is 9.75. The van der Waals surface area contributed by atoms with Crippen LogP contribution in [-0.2, 0) is 27.4 Å². The van der Waals surface area contributed by atoms with Crippen LogP contribution < -0.4 is 4.74 Å². The second kappa shape index (κ2) is 9.47. The van der Waals surface area contributed by atoms with Crippen molar-refractivity contribution in [2.45, 2.75) is 19.3 Å². The maximum atomic E-state index is 13.1. The van der Waals surface area contributed by atoms with Crippen molar-refractivity contribution in [2.75, 3.05) is 27.9 Å². The summed E-state index contributed by atoms with van der Waals surface area (Å²) in [6, 6.07) is 4.59. The van der Waals surface area contributed by atoms with Crippen molar-refractivity contribution in [1.29, 1.82) is 0 Å². The van der Waals surface area contributed by atoms with Crippen LogP contribution in [0.1, 0.15) is 49.4 Å². The van der Waals surface area contributed by atoms with Gasteiger partial charge in [0.15, 0.2) is 11.6 Å². The van der Waals surface area contributed by atoms with Crippen LogP contribution in [0.15, 0.2) is 18.2 Å². The van der Waals surface area contributed by atoms with Crippen LogP contribution >= 0.6 is 0 Å². The summed E-state index contributed by atoms with van der Waals surface area (Å²) in [5.74, 6) is -2.56. The van der Waals surface area contributed by atoms with E-state index in [9.17, 15) is 24.6 Å². The van der Waals surface area contributed by atoms with E-state index in [1.165, 1.54) is 27.4 Å². The number of rotatable bonds is 4. The fourth-order valence-corrected chi connectivity index (χ4v) is 4.21. The summed E-state index contributed by atoms with van der Waals surface area (Å²) in [4.78, 5) is 46.2. The third-order valence-corrected chi connectivity index (χ3v) is 5.80. The topological polar surface area (TPSA) is 140 Å². The standard InChI is InChI=1S/C21H18O7.C2H6O2/c1-28-14-4-2-3-11-15(14)21(27)17-16(19(11)25)20(26)12-7-9(13(23)8-22)5-6-10(12)18(17)24;1-3-4-2/h2-4,9,22,24,26H,5-8H2,1H3;1-2H3. The minimum absolute atomic E-state index is 0.0568. The Balaban J connectivity index is 0.000000668. The number of carbonyl (C=O) groups is 3. The number of aliphatic hydroxyl groups excluding tert-OH is 1. The molecular weight excluding hydrogens is 420 g/mol. The van der Waals surface area contributed by atoms with E-state index in [0.717, 1.165) is 0 Å². The molecule has 1 unspecified atom stereocenters. The molecule has 2 aliphatic rings. The Labute approximate surface area is 184 Å². The molecule has 0 radical (unpaired) electrons. The molecule has 0 aromatic heterocycles. The van der Waals surface area contributed by atoms with Crippen molar-refractivity contribution in [3.05, 3.63) is 51.6 Å². The predicted molar refractivity (Wildman–Crippen MR) is 111 cm³/mol. The maximum Gasteiger partial charge on any atom is 0.202 e. The number of phenols is 2. The molecule has 1 atom stereocenters. The van der Waals surface area contributed by atoms with Gasteiger partial charge in [0.2, 0.25) is 5.78 Å². The van der Waals surface area contributed by atoms with Gasteiger partial charge in [-0.3, -0.25) is 14.4 Å². The van der Waals surface area contributed by atoms with E-state index in [2.05, 4.69) is 9.78 Å². The Morgan fingerprint density at radius 3 is 2.19 bits per heavy atom. The van der Waals surface area contributed by atoms with Gasteiger partial charge in [0, 0.05) is 22.6 Å². The maximum absolute atomic E-state index is 13.1. The van der Waals surface area contributed by atoms with Crippen molar-refractivity contribution in [1.82, 2.24) is 0 Å². The zero-order chi connectivity index (χ0) is 23.6. The number of methoxy groups -OCH3 is 1. The normalized spacial score (nSPS) is 16.3. The fourth-order valence-electron chi connectivity index (χ4n) is 4.21.